The normalized spacial score (nSPS) is 13.7. The molecule has 3 heterocycles. The highest BCUT2D eigenvalue weighted by molar-refractivity contribution is 6.30. The van der Waals surface area contributed by atoms with Crippen molar-refractivity contribution < 1.29 is 14.3 Å². The summed E-state index contributed by atoms with van der Waals surface area (Å²) < 4.78 is 14.9. The van der Waals surface area contributed by atoms with Crippen molar-refractivity contribution in [2.45, 2.75) is 6.54 Å². The van der Waals surface area contributed by atoms with Gasteiger partial charge in [-0.1, -0.05) is 23.7 Å². The summed E-state index contributed by atoms with van der Waals surface area (Å²) in [6.45, 7) is 2.26. The summed E-state index contributed by atoms with van der Waals surface area (Å²) in [6.07, 6.45) is 0. The summed E-state index contributed by atoms with van der Waals surface area (Å²) in [7, 11) is 6.14. The van der Waals surface area contributed by atoms with Crippen molar-refractivity contribution in [3.8, 4) is 11.5 Å². The molecule has 1 aliphatic rings. The smallest absolute Gasteiger partial charge is 0.332 e. The molecule has 1 fully saturated rings. The Bertz CT molecular complexity index is 1670. The molecule has 0 unspecified atom stereocenters. The van der Waals surface area contributed by atoms with Gasteiger partial charge in [0, 0.05) is 50.9 Å². The van der Waals surface area contributed by atoms with Gasteiger partial charge in [0.05, 0.1) is 20.8 Å². The first-order chi connectivity index (χ1) is 18.7. The van der Waals surface area contributed by atoms with Gasteiger partial charge < -0.3 is 19.3 Å². The summed E-state index contributed by atoms with van der Waals surface area (Å²) in [6, 6.07) is 12.5. The Labute approximate surface area is 229 Å². The number of fused-ring (bicyclic) bond motifs is 1. The van der Waals surface area contributed by atoms with Crippen molar-refractivity contribution >= 4 is 34.6 Å². The molecule has 2 aromatic heterocycles. The molecule has 1 aliphatic heterocycles. The zero-order valence-electron chi connectivity index (χ0n) is 22.2. The van der Waals surface area contributed by atoms with Crippen molar-refractivity contribution in [2.75, 3.05) is 45.3 Å². The Morgan fingerprint density at radius 3 is 2.23 bits per heavy atom. The number of carbonyl (C=O) groups is 1. The molecule has 1 amide bonds. The van der Waals surface area contributed by atoms with Gasteiger partial charge in [-0.25, -0.2) is 4.79 Å². The third-order valence-electron chi connectivity index (χ3n) is 7.06. The molecule has 11 nitrogen and oxygen atoms in total. The summed E-state index contributed by atoms with van der Waals surface area (Å²) in [5.74, 6) is 1.50. The highest BCUT2D eigenvalue weighted by Gasteiger charge is 2.28. The Hall–Kier alpha value is -4.25. The van der Waals surface area contributed by atoms with E-state index in [-0.39, 0.29) is 5.91 Å². The number of benzene rings is 2. The molecule has 2 aromatic carbocycles. The zero-order chi connectivity index (χ0) is 27.8. The van der Waals surface area contributed by atoms with E-state index in [1.54, 1.807) is 49.4 Å². The molecule has 0 radical (unpaired) electrons. The standard InChI is InChI=1S/C27H29ClN6O5/c1-30-23-22(25(36)31(2)27(30)37)34(16-17-5-8-19(28)9-6-17)26(29-23)33-13-11-32(12-14-33)24(35)18-7-10-20(38-3)21(15-18)39-4/h5-10,15H,11-14,16H2,1-4H3. The third-order valence-corrected chi connectivity index (χ3v) is 7.31. The molecule has 39 heavy (non-hydrogen) atoms. The van der Waals surface area contributed by atoms with Crippen molar-refractivity contribution in [1.29, 1.82) is 0 Å². The molecule has 0 saturated carbocycles. The number of halogens is 1. The van der Waals surface area contributed by atoms with E-state index in [4.69, 9.17) is 26.1 Å². The first kappa shape index (κ1) is 26.4. The largest absolute Gasteiger partial charge is 0.493 e. The van der Waals surface area contributed by atoms with E-state index in [0.29, 0.717) is 71.9 Å². The van der Waals surface area contributed by atoms with Crippen LogP contribution in [0.4, 0.5) is 5.95 Å². The fourth-order valence-corrected chi connectivity index (χ4v) is 4.99. The minimum Gasteiger partial charge on any atom is -0.493 e. The molecule has 0 N–H and O–H groups in total. The van der Waals surface area contributed by atoms with Gasteiger partial charge in [0.15, 0.2) is 22.7 Å². The lowest BCUT2D eigenvalue weighted by atomic mass is 10.1. The topological polar surface area (TPSA) is 104 Å². The molecular weight excluding hydrogens is 524 g/mol. The van der Waals surface area contributed by atoms with E-state index in [0.717, 1.165) is 10.1 Å². The molecule has 0 atom stereocenters. The highest BCUT2D eigenvalue weighted by atomic mass is 35.5. The Kier molecular flexibility index (Phi) is 7.09. The van der Waals surface area contributed by atoms with Crippen LogP contribution in [0, 0.1) is 0 Å². The summed E-state index contributed by atoms with van der Waals surface area (Å²) in [5.41, 5.74) is 1.24. The van der Waals surface area contributed by atoms with Gasteiger partial charge in [0.1, 0.15) is 0 Å². The molecule has 0 bridgehead atoms. The third kappa shape index (κ3) is 4.74. The number of nitrogens with zero attached hydrogens (tertiary/aromatic N) is 6. The maximum Gasteiger partial charge on any atom is 0.332 e. The number of anilines is 1. The minimum atomic E-state index is -0.444. The molecule has 1 saturated heterocycles. The van der Waals surface area contributed by atoms with E-state index in [1.165, 1.54) is 18.7 Å². The molecular formula is C27H29ClN6O5. The first-order valence-corrected chi connectivity index (χ1v) is 12.8. The van der Waals surface area contributed by atoms with Crippen LogP contribution in [0.2, 0.25) is 5.02 Å². The summed E-state index contributed by atoms with van der Waals surface area (Å²) >= 11 is 6.08. The number of rotatable bonds is 6. The van der Waals surface area contributed by atoms with Crippen LogP contribution in [0.3, 0.4) is 0 Å². The number of hydrogen-bond donors (Lipinski definition) is 0. The average molecular weight is 553 g/mol. The number of aryl methyl sites for hydroxylation is 1. The minimum absolute atomic E-state index is 0.110. The number of carbonyl (C=O) groups excluding carboxylic acids is 1. The monoisotopic (exact) mass is 552 g/mol. The number of hydrogen-bond acceptors (Lipinski definition) is 7. The Morgan fingerprint density at radius 1 is 0.923 bits per heavy atom. The molecule has 4 aromatic rings. The first-order valence-electron chi connectivity index (χ1n) is 12.4. The Balaban J connectivity index is 1.47. The number of imidazole rings is 1. The van der Waals surface area contributed by atoms with Crippen LogP contribution in [-0.4, -0.2) is 69.9 Å². The average Bonchev–Trinajstić information content (AvgIpc) is 3.34. The van der Waals surface area contributed by atoms with Crippen molar-refractivity contribution in [3.05, 3.63) is 79.5 Å². The van der Waals surface area contributed by atoms with Gasteiger partial charge in [-0.2, -0.15) is 4.98 Å². The lowest BCUT2D eigenvalue weighted by molar-refractivity contribution is 0.0745. The maximum atomic E-state index is 13.2. The fourth-order valence-electron chi connectivity index (χ4n) is 4.86. The van der Waals surface area contributed by atoms with Gasteiger partial charge in [-0.3, -0.25) is 23.3 Å². The van der Waals surface area contributed by atoms with Crippen LogP contribution < -0.4 is 25.6 Å². The van der Waals surface area contributed by atoms with Crippen LogP contribution in [0.15, 0.2) is 52.1 Å². The Morgan fingerprint density at radius 2 is 1.59 bits per heavy atom. The lowest BCUT2D eigenvalue weighted by Gasteiger charge is -2.35. The van der Waals surface area contributed by atoms with E-state index in [9.17, 15) is 14.4 Å². The predicted molar refractivity (Wildman–Crippen MR) is 148 cm³/mol. The second-order valence-electron chi connectivity index (χ2n) is 9.35. The van der Waals surface area contributed by atoms with Crippen LogP contribution in [0.1, 0.15) is 15.9 Å². The lowest BCUT2D eigenvalue weighted by Crippen LogP contribution is -2.49. The van der Waals surface area contributed by atoms with Crippen molar-refractivity contribution in [2.24, 2.45) is 14.1 Å². The molecule has 0 spiro atoms. The summed E-state index contributed by atoms with van der Waals surface area (Å²) in [4.78, 5) is 47.7. The van der Waals surface area contributed by atoms with E-state index < -0.39 is 11.2 Å². The number of amides is 1. The van der Waals surface area contributed by atoms with Gasteiger partial charge in [0.2, 0.25) is 5.95 Å². The quantitative estimate of drug-likeness (QED) is 0.361. The van der Waals surface area contributed by atoms with E-state index in [2.05, 4.69) is 0 Å². The number of methoxy groups -OCH3 is 2. The summed E-state index contributed by atoms with van der Waals surface area (Å²) in [5, 5.41) is 0.614. The number of ether oxygens (including phenoxy) is 2. The van der Waals surface area contributed by atoms with Crippen molar-refractivity contribution in [3.63, 3.8) is 0 Å². The van der Waals surface area contributed by atoms with Crippen molar-refractivity contribution in [1.82, 2.24) is 23.6 Å². The maximum absolute atomic E-state index is 13.2. The number of aromatic nitrogens is 4. The second-order valence-corrected chi connectivity index (χ2v) is 9.79. The molecule has 0 aliphatic carbocycles. The van der Waals surface area contributed by atoms with Crippen LogP contribution in [0.5, 0.6) is 11.5 Å². The second kappa shape index (κ2) is 10.5. The molecule has 12 heteroatoms. The van der Waals surface area contributed by atoms with Crippen LogP contribution in [-0.2, 0) is 20.6 Å². The predicted octanol–water partition coefficient (Wildman–Crippen LogP) is 2.12. The molecule has 5 rings (SSSR count). The van der Waals surface area contributed by atoms with Gasteiger partial charge in [0.25, 0.3) is 11.5 Å². The van der Waals surface area contributed by atoms with Gasteiger partial charge in [-0.05, 0) is 35.9 Å². The number of piperazine rings is 1. The fraction of sp³-hybridized carbons (Fsp3) is 0.333. The van der Waals surface area contributed by atoms with E-state index >= 15 is 0 Å². The van der Waals surface area contributed by atoms with E-state index in [1.807, 2.05) is 21.6 Å². The highest BCUT2D eigenvalue weighted by Crippen LogP contribution is 2.29. The van der Waals surface area contributed by atoms with Gasteiger partial charge in [-0.15, -0.1) is 0 Å². The van der Waals surface area contributed by atoms with Gasteiger partial charge >= 0.3 is 5.69 Å². The zero-order valence-corrected chi connectivity index (χ0v) is 22.9. The SMILES string of the molecule is COc1ccc(C(=O)N2CCN(c3nc4c(c(=O)n(C)c(=O)n4C)n3Cc3ccc(Cl)cc3)CC2)cc1OC. The molecule has 204 valence electrons. The van der Waals surface area contributed by atoms with Crippen LogP contribution in [0.25, 0.3) is 11.2 Å². The van der Waals surface area contributed by atoms with Crippen LogP contribution >= 0.6 is 11.6 Å².